The van der Waals surface area contributed by atoms with Crippen LogP contribution in [0.4, 0.5) is 5.69 Å². The van der Waals surface area contributed by atoms with Crippen LogP contribution in [0.25, 0.3) is 0 Å². The zero-order chi connectivity index (χ0) is 16.4. The topological polar surface area (TPSA) is 68.5 Å². The van der Waals surface area contributed by atoms with Crippen LogP contribution in [0.1, 0.15) is 23.9 Å². The lowest BCUT2D eigenvalue weighted by Gasteiger charge is -2.32. The van der Waals surface area contributed by atoms with Crippen LogP contribution in [-0.4, -0.2) is 34.4 Å². The van der Waals surface area contributed by atoms with Gasteiger partial charge in [-0.15, -0.1) is 11.8 Å². The minimum absolute atomic E-state index is 0.0612. The van der Waals surface area contributed by atoms with Gasteiger partial charge in [-0.05, 0) is 32.9 Å². The number of carbonyl (C=O) groups is 1. The molecule has 3 heterocycles. The van der Waals surface area contributed by atoms with Crippen LogP contribution in [0.5, 0.6) is 5.88 Å². The predicted octanol–water partition coefficient (Wildman–Crippen LogP) is 2.73. The third-order valence-electron chi connectivity index (χ3n) is 3.75. The fraction of sp³-hybridized carbons (Fsp3) is 0.438. The van der Waals surface area contributed by atoms with Crippen molar-refractivity contribution in [3.63, 3.8) is 0 Å². The molecule has 1 atom stereocenters. The van der Waals surface area contributed by atoms with Crippen molar-refractivity contribution in [2.24, 2.45) is 0 Å². The Morgan fingerprint density at radius 3 is 3.04 bits per heavy atom. The SMILES string of the molecule is Cc1noc(C)c1CSCC(=O)N1CC(C)Oc2ncccc21. The molecule has 1 unspecified atom stereocenters. The number of hydrogen-bond donors (Lipinski definition) is 0. The molecule has 0 bridgehead atoms. The summed E-state index contributed by atoms with van der Waals surface area (Å²) in [7, 11) is 0. The standard InChI is InChI=1S/C16H19N3O3S/c1-10-7-19(14-5-4-6-17-16(14)21-10)15(20)9-23-8-13-11(2)18-22-12(13)3/h4-6,10H,7-9H2,1-3H3. The molecule has 0 fully saturated rings. The van der Waals surface area contributed by atoms with Crippen LogP contribution < -0.4 is 9.64 Å². The Labute approximate surface area is 139 Å². The van der Waals surface area contributed by atoms with E-state index in [-0.39, 0.29) is 12.0 Å². The number of nitrogens with zero attached hydrogens (tertiary/aromatic N) is 3. The number of aryl methyl sites for hydroxylation is 2. The van der Waals surface area contributed by atoms with Crippen molar-refractivity contribution in [1.82, 2.24) is 10.1 Å². The summed E-state index contributed by atoms with van der Waals surface area (Å²) >= 11 is 1.56. The summed E-state index contributed by atoms with van der Waals surface area (Å²) in [6.07, 6.45) is 1.61. The van der Waals surface area contributed by atoms with E-state index in [4.69, 9.17) is 9.26 Å². The summed E-state index contributed by atoms with van der Waals surface area (Å²) < 4.78 is 10.8. The Kier molecular flexibility index (Phi) is 4.56. The molecule has 0 aliphatic carbocycles. The quantitative estimate of drug-likeness (QED) is 0.857. The Morgan fingerprint density at radius 2 is 2.30 bits per heavy atom. The molecule has 2 aromatic rings. The average molecular weight is 333 g/mol. The van der Waals surface area contributed by atoms with E-state index in [9.17, 15) is 4.79 Å². The molecule has 7 heteroatoms. The largest absolute Gasteiger partial charge is 0.471 e. The minimum Gasteiger partial charge on any atom is -0.471 e. The maximum absolute atomic E-state index is 12.6. The Balaban J connectivity index is 1.65. The van der Waals surface area contributed by atoms with Gasteiger partial charge in [0.25, 0.3) is 0 Å². The molecule has 1 amide bonds. The highest BCUT2D eigenvalue weighted by Gasteiger charge is 2.28. The number of hydrogen-bond acceptors (Lipinski definition) is 6. The lowest BCUT2D eigenvalue weighted by molar-refractivity contribution is -0.116. The molecular weight excluding hydrogens is 314 g/mol. The summed E-state index contributed by atoms with van der Waals surface area (Å²) in [6, 6.07) is 3.68. The van der Waals surface area contributed by atoms with E-state index in [1.54, 1.807) is 22.9 Å². The lowest BCUT2D eigenvalue weighted by atomic mass is 10.2. The number of fused-ring (bicyclic) bond motifs is 1. The maximum atomic E-state index is 12.6. The van der Waals surface area contributed by atoms with Gasteiger partial charge in [-0.25, -0.2) is 4.98 Å². The molecule has 23 heavy (non-hydrogen) atoms. The van der Waals surface area contributed by atoms with Crippen molar-refractivity contribution in [1.29, 1.82) is 0 Å². The van der Waals surface area contributed by atoms with Crippen molar-refractivity contribution in [3.8, 4) is 5.88 Å². The number of thioether (sulfide) groups is 1. The zero-order valence-electron chi connectivity index (χ0n) is 13.4. The fourth-order valence-electron chi connectivity index (χ4n) is 2.52. The highest BCUT2D eigenvalue weighted by molar-refractivity contribution is 7.99. The molecule has 0 aromatic carbocycles. The molecule has 0 saturated heterocycles. The molecule has 0 N–H and O–H groups in total. The van der Waals surface area contributed by atoms with Crippen LogP contribution >= 0.6 is 11.8 Å². The molecule has 1 aliphatic heterocycles. The van der Waals surface area contributed by atoms with Crippen molar-refractivity contribution >= 4 is 23.4 Å². The molecule has 3 rings (SSSR count). The van der Waals surface area contributed by atoms with E-state index in [1.165, 1.54) is 0 Å². The Morgan fingerprint density at radius 1 is 1.48 bits per heavy atom. The first-order valence-corrected chi connectivity index (χ1v) is 8.63. The first-order chi connectivity index (χ1) is 11.1. The van der Waals surface area contributed by atoms with E-state index in [0.717, 1.165) is 22.7 Å². The number of carbonyl (C=O) groups excluding carboxylic acids is 1. The van der Waals surface area contributed by atoms with Crippen LogP contribution in [0.2, 0.25) is 0 Å². The van der Waals surface area contributed by atoms with E-state index in [1.807, 2.05) is 32.9 Å². The minimum atomic E-state index is -0.0612. The van der Waals surface area contributed by atoms with Gasteiger partial charge in [-0.3, -0.25) is 4.79 Å². The maximum Gasteiger partial charge on any atom is 0.238 e. The van der Waals surface area contributed by atoms with Crippen LogP contribution in [0.15, 0.2) is 22.9 Å². The smallest absolute Gasteiger partial charge is 0.238 e. The molecule has 1 aliphatic rings. The van der Waals surface area contributed by atoms with Gasteiger partial charge >= 0.3 is 0 Å². The second kappa shape index (κ2) is 6.62. The van der Waals surface area contributed by atoms with Gasteiger partial charge in [0.15, 0.2) is 0 Å². The molecule has 0 saturated carbocycles. The van der Waals surface area contributed by atoms with Crippen LogP contribution in [-0.2, 0) is 10.5 Å². The van der Waals surface area contributed by atoms with E-state index in [2.05, 4.69) is 10.1 Å². The second-order valence-corrected chi connectivity index (χ2v) is 6.54. The summed E-state index contributed by atoms with van der Waals surface area (Å²) in [5.74, 6) is 2.51. The summed E-state index contributed by atoms with van der Waals surface area (Å²) in [4.78, 5) is 18.6. The predicted molar refractivity (Wildman–Crippen MR) is 88.8 cm³/mol. The fourth-order valence-corrected chi connectivity index (χ4v) is 3.57. The van der Waals surface area contributed by atoms with Gasteiger partial charge in [0.1, 0.15) is 17.6 Å². The Hall–Kier alpha value is -2.02. The number of ether oxygens (including phenoxy) is 1. The summed E-state index contributed by atoms with van der Waals surface area (Å²) in [5.41, 5.74) is 2.70. The third kappa shape index (κ3) is 3.34. The molecule has 122 valence electrons. The average Bonchev–Trinajstić information content (AvgIpc) is 2.85. The van der Waals surface area contributed by atoms with Crippen molar-refractivity contribution in [2.45, 2.75) is 32.6 Å². The number of anilines is 1. The highest BCUT2D eigenvalue weighted by Crippen LogP contribution is 2.31. The summed E-state index contributed by atoms with van der Waals surface area (Å²) in [5, 5.41) is 3.93. The van der Waals surface area contributed by atoms with Gasteiger partial charge in [-0.2, -0.15) is 0 Å². The number of rotatable bonds is 4. The monoisotopic (exact) mass is 333 g/mol. The highest BCUT2D eigenvalue weighted by atomic mass is 32.2. The van der Waals surface area contributed by atoms with Crippen LogP contribution in [0, 0.1) is 13.8 Å². The second-order valence-electron chi connectivity index (χ2n) is 5.56. The molecule has 0 spiro atoms. The molecular formula is C16H19N3O3S. The first-order valence-electron chi connectivity index (χ1n) is 7.47. The third-order valence-corrected chi connectivity index (χ3v) is 4.69. The number of aromatic nitrogens is 2. The Bertz CT molecular complexity index is 697. The van der Waals surface area contributed by atoms with Crippen molar-refractivity contribution in [2.75, 3.05) is 17.2 Å². The molecule has 0 radical (unpaired) electrons. The normalized spacial score (nSPS) is 16.8. The van der Waals surface area contributed by atoms with E-state index in [0.29, 0.717) is 23.9 Å². The first kappa shape index (κ1) is 15.9. The van der Waals surface area contributed by atoms with Crippen LogP contribution in [0.3, 0.4) is 0 Å². The zero-order valence-corrected chi connectivity index (χ0v) is 14.2. The van der Waals surface area contributed by atoms with Gasteiger partial charge < -0.3 is 14.2 Å². The van der Waals surface area contributed by atoms with Crippen molar-refractivity contribution < 1.29 is 14.1 Å². The lowest BCUT2D eigenvalue weighted by Crippen LogP contribution is -2.43. The molecule has 2 aromatic heterocycles. The number of pyridine rings is 1. The summed E-state index contributed by atoms with van der Waals surface area (Å²) in [6.45, 7) is 6.29. The molecule has 6 nitrogen and oxygen atoms in total. The van der Waals surface area contributed by atoms with Crippen molar-refractivity contribution in [3.05, 3.63) is 35.3 Å². The number of amides is 1. The van der Waals surface area contributed by atoms with E-state index >= 15 is 0 Å². The van der Waals surface area contributed by atoms with Gasteiger partial charge in [-0.1, -0.05) is 5.16 Å². The van der Waals surface area contributed by atoms with Gasteiger partial charge in [0, 0.05) is 17.5 Å². The van der Waals surface area contributed by atoms with Gasteiger partial charge in [0.05, 0.1) is 18.0 Å². The van der Waals surface area contributed by atoms with Gasteiger partial charge in [0.2, 0.25) is 11.8 Å². The van der Waals surface area contributed by atoms with E-state index < -0.39 is 0 Å².